The molecule has 2 unspecified atom stereocenters. The Morgan fingerprint density at radius 1 is 1.33 bits per heavy atom. The average molecular weight is 285 g/mol. The van der Waals surface area contributed by atoms with E-state index in [4.69, 9.17) is 4.74 Å². The maximum atomic E-state index is 9.46. The Morgan fingerprint density at radius 3 is 2.76 bits per heavy atom. The van der Waals surface area contributed by atoms with E-state index in [1.165, 1.54) is 5.56 Å². The van der Waals surface area contributed by atoms with Crippen LogP contribution in [0.15, 0.2) is 18.2 Å². The summed E-state index contributed by atoms with van der Waals surface area (Å²) in [6.07, 6.45) is 4.13. The van der Waals surface area contributed by atoms with E-state index in [0.29, 0.717) is 12.2 Å². The summed E-state index contributed by atoms with van der Waals surface area (Å²) < 4.78 is 5.88. The fourth-order valence-corrected chi connectivity index (χ4v) is 3.28. The van der Waals surface area contributed by atoms with E-state index in [9.17, 15) is 5.26 Å². The summed E-state index contributed by atoms with van der Waals surface area (Å²) in [6, 6.07) is 8.63. The standard InChI is InChI=1S/C17H23N3O/c1-2-7-19-10-13-3-6-17(14(8-13)9-18)20-11-15-4-5-16(12-20)21-15/h3,6,8,15-16,19H,2,4-5,7,10-12H2,1H3. The molecule has 2 bridgehead atoms. The lowest BCUT2D eigenvalue weighted by atomic mass is 10.1. The Bertz CT molecular complexity index is 525. The summed E-state index contributed by atoms with van der Waals surface area (Å²) in [7, 11) is 0. The summed E-state index contributed by atoms with van der Waals surface area (Å²) in [4.78, 5) is 2.33. The van der Waals surface area contributed by atoms with Crippen LogP contribution in [0.1, 0.15) is 37.3 Å². The van der Waals surface area contributed by atoms with E-state index in [0.717, 1.165) is 56.7 Å². The van der Waals surface area contributed by atoms with Crippen LogP contribution in [0.25, 0.3) is 0 Å². The molecule has 1 aromatic rings. The van der Waals surface area contributed by atoms with Crippen molar-refractivity contribution in [1.82, 2.24) is 5.32 Å². The van der Waals surface area contributed by atoms with Gasteiger partial charge in [-0.1, -0.05) is 13.0 Å². The molecule has 2 fully saturated rings. The van der Waals surface area contributed by atoms with Crippen LogP contribution in [0.2, 0.25) is 0 Å². The molecule has 21 heavy (non-hydrogen) atoms. The average Bonchev–Trinajstić information content (AvgIpc) is 2.85. The van der Waals surface area contributed by atoms with Crippen LogP contribution in [-0.4, -0.2) is 31.8 Å². The summed E-state index contributed by atoms with van der Waals surface area (Å²) in [5, 5.41) is 12.8. The fourth-order valence-electron chi connectivity index (χ4n) is 3.28. The van der Waals surface area contributed by atoms with E-state index in [-0.39, 0.29) is 0 Å². The minimum atomic E-state index is 0.348. The molecular weight excluding hydrogens is 262 g/mol. The molecular formula is C17H23N3O. The number of ether oxygens (including phenoxy) is 1. The third kappa shape index (κ3) is 3.20. The molecule has 2 aliphatic rings. The highest BCUT2D eigenvalue weighted by atomic mass is 16.5. The zero-order chi connectivity index (χ0) is 14.7. The van der Waals surface area contributed by atoms with E-state index >= 15 is 0 Å². The van der Waals surface area contributed by atoms with Gasteiger partial charge < -0.3 is 15.0 Å². The van der Waals surface area contributed by atoms with Crippen LogP contribution in [-0.2, 0) is 11.3 Å². The SMILES string of the molecule is CCCNCc1ccc(N2CC3CCC(C2)O3)c(C#N)c1. The number of nitriles is 1. The Labute approximate surface area is 126 Å². The molecule has 0 amide bonds. The minimum absolute atomic E-state index is 0.348. The molecule has 1 N–H and O–H groups in total. The minimum Gasteiger partial charge on any atom is -0.371 e. The number of rotatable bonds is 5. The quantitative estimate of drug-likeness (QED) is 0.844. The Morgan fingerprint density at radius 2 is 2.10 bits per heavy atom. The van der Waals surface area contributed by atoms with Crippen molar-refractivity contribution < 1.29 is 4.74 Å². The molecule has 112 valence electrons. The van der Waals surface area contributed by atoms with Crippen molar-refractivity contribution in [2.75, 3.05) is 24.5 Å². The van der Waals surface area contributed by atoms with Gasteiger partial charge in [-0.2, -0.15) is 5.26 Å². The van der Waals surface area contributed by atoms with Crippen LogP contribution in [0.4, 0.5) is 5.69 Å². The van der Waals surface area contributed by atoms with Crippen LogP contribution in [0.3, 0.4) is 0 Å². The highest BCUT2D eigenvalue weighted by Crippen LogP contribution is 2.31. The number of hydrogen-bond acceptors (Lipinski definition) is 4. The largest absolute Gasteiger partial charge is 0.371 e. The second-order valence-corrected chi connectivity index (χ2v) is 6.00. The van der Waals surface area contributed by atoms with E-state index in [2.05, 4.69) is 35.3 Å². The first kappa shape index (κ1) is 14.4. The lowest BCUT2D eigenvalue weighted by molar-refractivity contribution is 0.0305. The van der Waals surface area contributed by atoms with Crippen LogP contribution in [0.5, 0.6) is 0 Å². The molecule has 4 heteroatoms. The summed E-state index contributed by atoms with van der Waals surface area (Å²) >= 11 is 0. The van der Waals surface area contributed by atoms with Gasteiger partial charge in [0, 0.05) is 19.6 Å². The molecule has 4 nitrogen and oxygen atoms in total. The normalized spacial score (nSPS) is 24.1. The van der Waals surface area contributed by atoms with E-state index in [1.54, 1.807) is 0 Å². The maximum absolute atomic E-state index is 9.46. The third-order valence-electron chi connectivity index (χ3n) is 4.32. The van der Waals surface area contributed by atoms with Gasteiger partial charge in [-0.25, -0.2) is 0 Å². The second kappa shape index (κ2) is 6.46. The zero-order valence-corrected chi connectivity index (χ0v) is 12.6. The smallest absolute Gasteiger partial charge is 0.101 e. The van der Waals surface area contributed by atoms with Gasteiger partial charge in [0.25, 0.3) is 0 Å². The van der Waals surface area contributed by atoms with Gasteiger partial charge in [0.15, 0.2) is 0 Å². The molecule has 1 aromatic carbocycles. The first-order valence-electron chi connectivity index (χ1n) is 7.94. The van der Waals surface area contributed by atoms with Gasteiger partial charge in [0.05, 0.1) is 23.5 Å². The zero-order valence-electron chi connectivity index (χ0n) is 12.6. The van der Waals surface area contributed by atoms with Gasteiger partial charge in [-0.15, -0.1) is 0 Å². The summed E-state index contributed by atoms with van der Waals surface area (Å²) in [5.74, 6) is 0. The lowest BCUT2D eigenvalue weighted by Crippen LogP contribution is -2.43. The number of nitrogens with zero attached hydrogens (tertiary/aromatic N) is 2. The second-order valence-electron chi connectivity index (χ2n) is 6.00. The number of fused-ring (bicyclic) bond motifs is 2. The summed E-state index contributed by atoms with van der Waals surface area (Å²) in [5.41, 5.74) is 3.03. The highest BCUT2D eigenvalue weighted by molar-refractivity contribution is 5.61. The van der Waals surface area contributed by atoms with Crippen LogP contribution in [0, 0.1) is 11.3 Å². The first-order chi connectivity index (χ1) is 10.3. The van der Waals surface area contributed by atoms with Crippen molar-refractivity contribution in [2.24, 2.45) is 0 Å². The van der Waals surface area contributed by atoms with Crippen molar-refractivity contribution >= 4 is 5.69 Å². The number of hydrogen-bond donors (Lipinski definition) is 1. The molecule has 2 saturated heterocycles. The molecule has 0 saturated carbocycles. The van der Waals surface area contributed by atoms with Crippen LogP contribution < -0.4 is 10.2 Å². The lowest BCUT2D eigenvalue weighted by Gasteiger charge is -2.34. The highest BCUT2D eigenvalue weighted by Gasteiger charge is 2.34. The molecule has 0 aromatic heterocycles. The van der Waals surface area contributed by atoms with E-state index in [1.807, 2.05) is 6.07 Å². The number of morpholine rings is 1. The van der Waals surface area contributed by atoms with Crippen molar-refractivity contribution in [3.63, 3.8) is 0 Å². The number of benzene rings is 1. The fraction of sp³-hybridized carbons (Fsp3) is 0.588. The monoisotopic (exact) mass is 285 g/mol. The maximum Gasteiger partial charge on any atom is 0.101 e. The van der Waals surface area contributed by atoms with Crippen molar-refractivity contribution in [3.05, 3.63) is 29.3 Å². The topological polar surface area (TPSA) is 48.3 Å². The number of nitrogens with one attached hydrogen (secondary N) is 1. The summed E-state index contributed by atoms with van der Waals surface area (Å²) in [6.45, 7) is 5.83. The Balaban J connectivity index is 1.74. The molecule has 0 radical (unpaired) electrons. The van der Waals surface area contributed by atoms with Gasteiger partial charge >= 0.3 is 0 Å². The van der Waals surface area contributed by atoms with Crippen molar-refractivity contribution in [2.45, 2.75) is 44.9 Å². The van der Waals surface area contributed by atoms with Gasteiger partial charge in [-0.05, 0) is 43.5 Å². The van der Waals surface area contributed by atoms with Crippen LogP contribution >= 0.6 is 0 Å². The Kier molecular flexibility index (Phi) is 4.42. The van der Waals surface area contributed by atoms with Gasteiger partial charge in [-0.3, -0.25) is 0 Å². The predicted molar refractivity (Wildman–Crippen MR) is 83.3 cm³/mol. The molecule has 2 heterocycles. The molecule has 3 rings (SSSR count). The molecule has 2 atom stereocenters. The van der Waals surface area contributed by atoms with Gasteiger partial charge in [0.2, 0.25) is 0 Å². The molecule has 0 spiro atoms. The van der Waals surface area contributed by atoms with E-state index < -0.39 is 0 Å². The number of anilines is 1. The first-order valence-corrected chi connectivity index (χ1v) is 7.94. The van der Waals surface area contributed by atoms with Crippen molar-refractivity contribution in [3.8, 4) is 6.07 Å². The van der Waals surface area contributed by atoms with Gasteiger partial charge in [0.1, 0.15) is 6.07 Å². The molecule has 0 aliphatic carbocycles. The van der Waals surface area contributed by atoms with Crippen molar-refractivity contribution in [1.29, 1.82) is 5.26 Å². The molecule has 2 aliphatic heterocycles. The predicted octanol–water partition coefficient (Wildman–Crippen LogP) is 2.43. The Hall–Kier alpha value is -1.57. The third-order valence-corrected chi connectivity index (χ3v) is 4.32.